The van der Waals surface area contributed by atoms with Gasteiger partial charge in [0.15, 0.2) is 5.13 Å². The molecule has 0 spiro atoms. The Morgan fingerprint density at radius 1 is 1.47 bits per heavy atom. The lowest BCUT2D eigenvalue weighted by Gasteiger charge is -2.05. The molecule has 1 amide bonds. The van der Waals surface area contributed by atoms with Crippen molar-refractivity contribution in [2.75, 3.05) is 18.2 Å². The van der Waals surface area contributed by atoms with Crippen LogP contribution in [0.1, 0.15) is 11.4 Å². The van der Waals surface area contributed by atoms with E-state index >= 15 is 0 Å². The largest absolute Gasteiger partial charge is 0.481 e. The first-order valence-electron chi connectivity index (χ1n) is 5.46. The number of amides is 1. The van der Waals surface area contributed by atoms with Crippen LogP contribution in [0.3, 0.4) is 0 Å². The third kappa shape index (κ3) is 3.62. The molecular formula is C11H13N5O2S. The fourth-order valence-corrected chi connectivity index (χ4v) is 2.00. The zero-order chi connectivity index (χ0) is 13.8. The predicted octanol–water partition coefficient (Wildman–Crippen LogP) is 1.01. The number of methoxy groups -OCH3 is 1. The van der Waals surface area contributed by atoms with Crippen molar-refractivity contribution in [2.24, 2.45) is 0 Å². The van der Waals surface area contributed by atoms with Crippen LogP contribution in [-0.2, 0) is 11.2 Å². The van der Waals surface area contributed by atoms with Crippen LogP contribution >= 0.6 is 11.3 Å². The van der Waals surface area contributed by atoms with E-state index in [1.807, 2.05) is 0 Å². The number of rotatable bonds is 4. The Bertz CT molecular complexity index is 599. The van der Waals surface area contributed by atoms with Gasteiger partial charge in [-0.05, 0) is 6.92 Å². The lowest BCUT2D eigenvalue weighted by Crippen LogP contribution is -2.17. The molecule has 2 rings (SSSR count). The SMILES string of the molecule is COc1cc(C)nc(NC(=O)Cc2csc(N)n2)n1. The highest BCUT2D eigenvalue weighted by atomic mass is 32.1. The van der Waals surface area contributed by atoms with Gasteiger partial charge in [0.2, 0.25) is 17.7 Å². The number of hydrogen-bond donors (Lipinski definition) is 2. The van der Waals surface area contributed by atoms with Crippen molar-refractivity contribution in [3.05, 3.63) is 22.8 Å². The molecule has 0 aliphatic carbocycles. The average molecular weight is 279 g/mol. The van der Waals surface area contributed by atoms with Crippen LogP contribution in [0.2, 0.25) is 0 Å². The number of nitrogens with two attached hydrogens (primary N) is 1. The van der Waals surface area contributed by atoms with Gasteiger partial charge in [0.25, 0.3) is 0 Å². The molecule has 0 unspecified atom stereocenters. The van der Waals surface area contributed by atoms with Gasteiger partial charge >= 0.3 is 0 Å². The summed E-state index contributed by atoms with van der Waals surface area (Å²) in [7, 11) is 1.51. The minimum atomic E-state index is -0.252. The van der Waals surface area contributed by atoms with Crippen LogP contribution in [0, 0.1) is 6.92 Å². The summed E-state index contributed by atoms with van der Waals surface area (Å²) in [4.78, 5) is 23.9. The van der Waals surface area contributed by atoms with Crippen molar-refractivity contribution >= 4 is 28.3 Å². The second-order valence-corrected chi connectivity index (χ2v) is 4.67. The number of hydrogen-bond acceptors (Lipinski definition) is 7. The summed E-state index contributed by atoms with van der Waals surface area (Å²) in [6.45, 7) is 1.79. The fourth-order valence-electron chi connectivity index (χ4n) is 1.44. The van der Waals surface area contributed by atoms with Gasteiger partial charge in [-0.3, -0.25) is 10.1 Å². The minimum absolute atomic E-state index is 0.132. The highest BCUT2D eigenvalue weighted by Gasteiger charge is 2.10. The molecule has 0 bridgehead atoms. The summed E-state index contributed by atoms with van der Waals surface area (Å²) in [6.07, 6.45) is 0.132. The number of ether oxygens (including phenoxy) is 1. The second-order valence-electron chi connectivity index (χ2n) is 3.78. The average Bonchev–Trinajstić information content (AvgIpc) is 2.73. The van der Waals surface area contributed by atoms with E-state index < -0.39 is 0 Å². The van der Waals surface area contributed by atoms with Crippen LogP contribution in [0.4, 0.5) is 11.1 Å². The van der Waals surface area contributed by atoms with Crippen molar-refractivity contribution in [2.45, 2.75) is 13.3 Å². The Morgan fingerprint density at radius 3 is 2.89 bits per heavy atom. The van der Waals surface area contributed by atoms with E-state index in [0.29, 0.717) is 22.4 Å². The topological polar surface area (TPSA) is 103 Å². The number of carbonyl (C=O) groups is 1. The van der Waals surface area contributed by atoms with Gasteiger partial charge < -0.3 is 10.5 Å². The molecule has 0 atom stereocenters. The third-order valence-electron chi connectivity index (χ3n) is 2.20. The highest BCUT2D eigenvalue weighted by Crippen LogP contribution is 2.13. The fraction of sp³-hybridized carbons (Fsp3) is 0.273. The van der Waals surface area contributed by atoms with Crippen molar-refractivity contribution in [1.29, 1.82) is 0 Å². The molecule has 0 aliphatic rings. The van der Waals surface area contributed by atoms with Gasteiger partial charge in [-0.1, -0.05) is 0 Å². The van der Waals surface area contributed by atoms with Gasteiger partial charge in [-0.15, -0.1) is 11.3 Å². The molecule has 7 nitrogen and oxygen atoms in total. The van der Waals surface area contributed by atoms with Crippen LogP contribution in [0.15, 0.2) is 11.4 Å². The summed E-state index contributed by atoms with van der Waals surface area (Å²) in [6, 6.07) is 1.68. The lowest BCUT2D eigenvalue weighted by molar-refractivity contribution is -0.115. The Hall–Kier alpha value is -2.22. The molecule has 19 heavy (non-hydrogen) atoms. The highest BCUT2D eigenvalue weighted by molar-refractivity contribution is 7.13. The summed E-state index contributed by atoms with van der Waals surface area (Å²) in [5.41, 5.74) is 6.83. The maximum Gasteiger partial charge on any atom is 0.232 e. The van der Waals surface area contributed by atoms with Crippen LogP contribution in [-0.4, -0.2) is 28.0 Å². The Labute approximate surface area is 113 Å². The smallest absolute Gasteiger partial charge is 0.232 e. The lowest BCUT2D eigenvalue weighted by atomic mass is 10.3. The van der Waals surface area contributed by atoms with Crippen molar-refractivity contribution in [1.82, 2.24) is 15.0 Å². The molecular weight excluding hydrogens is 266 g/mol. The van der Waals surface area contributed by atoms with E-state index in [4.69, 9.17) is 10.5 Å². The van der Waals surface area contributed by atoms with Gasteiger partial charge in [0.05, 0.1) is 19.2 Å². The van der Waals surface area contributed by atoms with Crippen molar-refractivity contribution in [3.8, 4) is 5.88 Å². The molecule has 2 aromatic heterocycles. The summed E-state index contributed by atoms with van der Waals surface area (Å²) in [5, 5.41) is 4.78. The zero-order valence-electron chi connectivity index (χ0n) is 10.5. The molecule has 2 heterocycles. The van der Waals surface area contributed by atoms with Crippen LogP contribution < -0.4 is 15.8 Å². The molecule has 0 aromatic carbocycles. The first kappa shape index (κ1) is 13.2. The Kier molecular flexibility index (Phi) is 3.91. The number of aromatic nitrogens is 3. The normalized spacial score (nSPS) is 10.2. The molecule has 0 radical (unpaired) electrons. The summed E-state index contributed by atoms with van der Waals surface area (Å²) in [5.74, 6) is 0.365. The quantitative estimate of drug-likeness (QED) is 0.866. The maximum absolute atomic E-state index is 11.8. The molecule has 0 saturated heterocycles. The van der Waals surface area contributed by atoms with Gasteiger partial charge in [0, 0.05) is 17.1 Å². The van der Waals surface area contributed by atoms with E-state index in [1.165, 1.54) is 18.4 Å². The molecule has 100 valence electrons. The number of nitrogen functional groups attached to an aromatic ring is 1. The van der Waals surface area contributed by atoms with E-state index in [2.05, 4.69) is 20.3 Å². The molecule has 8 heteroatoms. The molecule has 0 fully saturated rings. The number of aryl methyl sites for hydroxylation is 1. The van der Waals surface area contributed by atoms with Crippen molar-refractivity contribution in [3.63, 3.8) is 0 Å². The standard InChI is InChI=1S/C11H13N5O2S/c1-6-3-9(18-2)16-11(13-6)15-8(17)4-7-5-19-10(12)14-7/h3,5H,4H2,1-2H3,(H2,12,14)(H,13,15,16,17). The van der Waals surface area contributed by atoms with Crippen LogP contribution in [0.25, 0.3) is 0 Å². The van der Waals surface area contributed by atoms with E-state index in [1.54, 1.807) is 18.4 Å². The molecule has 3 N–H and O–H groups in total. The van der Waals surface area contributed by atoms with Gasteiger partial charge in [-0.25, -0.2) is 9.97 Å². The van der Waals surface area contributed by atoms with E-state index in [9.17, 15) is 4.79 Å². The van der Waals surface area contributed by atoms with Gasteiger partial charge in [0.1, 0.15) is 0 Å². The number of nitrogens with zero attached hydrogens (tertiary/aromatic N) is 3. The summed E-state index contributed by atoms with van der Waals surface area (Å²) < 4.78 is 5.01. The van der Waals surface area contributed by atoms with Crippen molar-refractivity contribution < 1.29 is 9.53 Å². The second kappa shape index (κ2) is 5.61. The number of anilines is 2. The molecule has 0 aliphatic heterocycles. The third-order valence-corrected chi connectivity index (χ3v) is 2.92. The number of thiazole rings is 1. The minimum Gasteiger partial charge on any atom is -0.481 e. The molecule has 2 aromatic rings. The summed E-state index contributed by atoms with van der Waals surface area (Å²) >= 11 is 1.30. The zero-order valence-corrected chi connectivity index (χ0v) is 11.3. The maximum atomic E-state index is 11.8. The van der Waals surface area contributed by atoms with E-state index in [0.717, 1.165) is 0 Å². The predicted molar refractivity (Wildman–Crippen MR) is 72.2 cm³/mol. The van der Waals surface area contributed by atoms with E-state index in [-0.39, 0.29) is 18.3 Å². The first-order valence-corrected chi connectivity index (χ1v) is 6.34. The van der Waals surface area contributed by atoms with Gasteiger partial charge in [-0.2, -0.15) is 4.98 Å². The number of nitrogens with one attached hydrogen (secondary N) is 1. The van der Waals surface area contributed by atoms with Crippen LogP contribution in [0.5, 0.6) is 5.88 Å². The number of carbonyl (C=O) groups excluding carboxylic acids is 1. The monoisotopic (exact) mass is 279 g/mol. The first-order chi connectivity index (χ1) is 9.06. The molecule has 0 saturated carbocycles. The Balaban J connectivity index is 2.04. The Morgan fingerprint density at radius 2 is 2.26 bits per heavy atom.